The van der Waals surface area contributed by atoms with Gasteiger partial charge in [-0.3, -0.25) is 0 Å². The van der Waals surface area contributed by atoms with E-state index in [0.29, 0.717) is 24.0 Å². The maximum atomic E-state index is 13.3. The van der Waals surface area contributed by atoms with Crippen molar-refractivity contribution in [3.8, 4) is 0 Å². The zero-order valence-corrected chi connectivity index (χ0v) is 7.76. The Morgan fingerprint density at radius 1 is 1.21 bits per heavy atom. The van der Waals surface area contributed by atoms with Gasteiger partial charge in [0.05, 0.1) is 6.10 Å². The molecule has 0 fully saturated rings. The van der Waals surface area contributed by atoms with Crippen LogP contribution in [0, 0.1) is 11.6 Å². The van der Waals surface area contributed by atoms with Gasteiger partial charge in [0, 0.05) is 6.07 Å². The number of benzene rings is 1. The van der Waals surface area contributed by atoms with Crippen LogP contribution < -0.4 is 0 Å². The summed E-state index contributed by atoms with van der Waals surface area (Å²) in [6, 6.07) is 2.13. The number of aliphatic hydroxyl groups is 1. The Balaban J connectivity index is 2.53. The van der Waals surface area contributed by atoms with Gasteiger partial charge in [-0.05, 0) is 36.5 Å². The summed E-state index contributed by atoms with van der Waals surface area (Å²) in [7, 11) is 0. The van der Waals surface area contributed by atoms with E-state index in [2.05, 4.69) is 0 Å². The number of aliphatic hydroxyl groups excluding tert-OH is 1. The molecule has 0 aliphatic heterocycles. The lowest BCUT2D eigenvalue weighted by Gasteiger charge is -2.12. The molecule has 0 heterocycles. The molecule has 0 saturated heterocycles. The van der Waals surface area contributed by atoms with Gasteiger partial charge in [-0.1, -0.05) is 6.42 Å². The summed E-state index contributed by atoms with van der Waals surface area (Å²) in [5.74, 6) is -1.14. The fraction of sp³-hybridized carbons (Fsp3) is 0.455. The SMILES string of the molecule is OC1CCCCc2c(F)cc(F)cc21. The molecule has 1 aliphatic rings. The van der Waals surface area contributed by atoms with E-state index in [0.717, 1.165) is 18.9 Å². The van der Waals surface area contributed by atoms with Crippen LogP contribution in [0.5, 0.6) is 0 Å². The number of hydrogen-bond donors (Lipinski definition) is 1. The molecule has 0 amide bonds. The van der Waals surface area contributed by atoms with Gasteiger partial charge in [0.1, 0.15) is 11.6 Å². The number of rotatable bonds is 0. The predicted octanol–water partition coefficient (Wildman–Crippen LogP) is 2.72. The molecule has 3 heteroatoms. The Labute approximate surface area is 81.4 Å². The monoisotopic (exact) mass is 198 g/mol. The van der Waals surface area contributed by atoms with E-state index in [4.69, 9.17) is 0 Å². The van der Waals surface area contributed by atoms with Crippen LogP contribution >= 0.6 is 0 Å². The Kier molecular flexibility index (Phi) is 2.50. The second-order valence-electron chi connectivity index (χ2n) is 3.72. The average molecular weight is 198 g/mol. The molecule has 0 saturated carbocycles. The zero-order valence-electron chi connectivity index (χ0n) is 7.76. The van der Waals surface area contributed by atoms with Gasteiger partial charge in [0.2, 0.25) is 0 Å². The standard InChI is InChI=1S/C11H12F2O/c12-7-5-9-8(10(13)6-7)3-1-2-4-11(9)14/h5-6,11,14H,1-4H2. The first-order valence-electron chi connectivity index (χ1n) is 4.84. The molecule has 0 bridgehead atoms. The first-order chi connectivity index (χ1) is 6.68. The molecule has 1 aromatic rings. The van der Waals surface area contributed by atoms with Gasteiger partial charge in [0.25, 0.3) is 0 Å². The summed E-state index contributed by atoms with van der Waals surface area (Å²) in [5, 5.41) is 9.66. The van der Waals surface area contributed by atoms with Crippen molar-refractivity contribution in [2.75, 3.05) is 0 Å². The smallest absolute Gasteiger partial charge is 0.129 e. The highest BCUT2D eigenvalue weighted by molar-refractivity contribution is 5.32. The van der Waals surface area contributed by atoms with Crippen molar-refractivity contribution in [1.82, 2.24) is 0 Å². The summed E-state index contributed by atoms with van der Waals surface area (Å²) in [6.45, 7) is 0. The summed E-state index contributed by atoms with van der Waals surface area (Å²) in [6.07, 6.45) is 2.19. The Morgan fingerprint density at radius 3 is 2.79 bits per heavy atom. The van der Waals surface area contributed by atoms with Crippen LogP contribution in [0.4, 0.5) is 8.78 Å². The van der Waals surface area contributed by atoms with Crippen molar-refractivity contribution < 1.29 is 13.9 Å². The molecule has 1 unspecified atom stereocenters. The van der Waals surface area contributed by atoms with Crippen molar-refractivity contribution in [2.45, 2.75) is 31.8 Å². The van der Waals surface area contributed by atoms with E-state index in [-0.39, 0.29) is 0 Å². The Bertz CT molecular complexity index is 349. The largest absolute Gasteiger partial charge is 0.388 e. The lowest BCUT2D eigenvalue weighted by Crippen LogP contribution is -2.02. The van der Waals surface area contributed by atoms with Crippen LogP contribution in [-0.2, 0) is 6.42 Å². The predicted molar refractivity (Wildman–Crippen MR) is 48.9 cm³/mol. The quantitative estimate of drug-likeness (QED) is 0.635. The van der Waals surface area contributed by atoms with Gasteiger partial charge in [-0.2, -0.15) is 0 Å². The van der Waals surface area contributed by atoms with Crippen LogP contribution in [0.25, 0.3) is 0 Å². The molecular formula is C11H12F2O. The van der Waals surface area contributed by atoms with Crippen molar-refractivity contribution in [1.29, 1.82) is 0 Å². The van der Waals surface area contributed by atoms with Crippen molar-refractivity contribution in [3.05, 3.63) is 34.9 Å². The minimum absolute atomic E-state index is 0.431. The summed E-state index contributed by atoms with van der Waals surface area (Å²) in [5.41, 5.74) is 0.913. The Morgan fingerprint density at radius 2 is 2.00 bits per heavy atom. The zero-order chi connectivity index (χ0) is 10.1. The maximum absolute atomic E-state index is 13.3. The molecule has 76 valence electrons. The van der Waals surface area contributed by atoms with Gasteiger partial charge in [0.15, 0.2) is 0 Å². The minimum atomic E-state index is -0.710. The molecule has 0 aromatic heterocycles. The van der Waals surface area contributed by atoms with Crippen LogP contribution in [0.15, 0.2) is 12.1 Å². The van der Waals surface area contributed by atoms with E-state index in [1.165, 1.54) is 6.07 Å². The molecular weight excluding hydrogens is 186 g/mol. The van der Waals surface area contributed by atoms with E-state index in [1.807, 2.05) is 0 Å². The third-order valence-corrected chi connectivity index (χ3v) is 2.71. The lowest BCUT2D eigenvalue weighted by atomic mass is 10.0. The highest BCUT2D eigenvalue weighted by Crippen LogP contribution is 2.30. The van der Waals surface area contributed by atoms with E-state index in [9.17, 15) is 13.9 Å². The molecule has 0 radical (unpaired) electrons. The minimum Gasteiger partial charge on any atom is -0.388 e. The van der Waals surface area contributed by atoms with E-state index >= 15 is 0 Å². The van der Waals surface area contributed by atoms with Gasteiger partial charge < -0.3 is 5.11 Å². The molecule has 1 nitrogen and oxygen atoms in total. The number of hydrogen-bond acceptors (Lipinski definition) is 1. The summed E-state index contributed by atoms with van der Waals surface area (Å²) < 4.78 is 26.2. The van der Waals surface area contributed by atoms with Crippen LogP contribution in [0.2, 0.25) is 0 Å². The third-order valence-electron chi connectivity index (χ3n) is 2.71. The molecule has 1 aromatic carbocycles. The first kappa shape index (κ1) is 9.59. The molecule has 0 spiro atoms. The van der Waals surface area contributed by atoms with Crippen molar-refractivity contribution >= 4 is 0 Å². The topological polar surface area (TPSA) is 20.2 Å². The molecule has 14 heavy (non-hydrogen) atoms. The van der Waals surface area contributed by atoms with Crippen LogP contribution in [-0.4, -0.2) is 5.11 Å². The number of fused-ring (bicyclic) bond motifs is 1. The third kappa shape index (κ3) is 1.64. The van der Waals surface area contributed by atoms with Gasteiger partial charge >= 0.3 is 0 Å². The molecule has 1 aliphatic carbocycles. The molecule has 1 atom stereocenters. The van der Waals surface area contributed by atoms with Gasteiger partial charge in [-0.25, -0.2) is 8.78 Å². The average Bonchev–Trinajstić information content (AvgIpc) is 2.29. The second-order valence-corrected chi connectivity index (χ2v) is 3.72. The fourth-order valence-corrected chi connectivity index (χ4v) is 1.98. The van der Waals surface area contributed by atoms with Crippen molar-refractivity contribution in [3.63, 3.8) is 0 Å². The first-order valence-corrected chi connectivity index (χ1v) is 4.84. The highest BCUT2D eigenvalue weighted by Gasteiger charge is 2.20. The lowest BCUT2D eigenvalue weighted by molar-refractivity contribution is 0.166. The highest BCUT2D eigenvalue weighted by atomic mass is 19.1. The summed E-state index contributed by atoms with van der Waals surface area (Å²) >= 11 is 0. The van der Waals surface area contributed by atoms with Crippen LogP contribution in [0.3, 0.4) is 0 Å². The molecule has 1 N–H and O–H groups in total. The van der Waals surface area contributed by atoms with E-state index in [1.54, 1.807) is 0 Å². The number of halogens is 2. The van der Waals surface area contributed by atoms with E-state index < -0.39 is 17.7 Å². The van der Waals surface area contributed by atoms with Crippen LogP contribution in [0.1, 0.15) is 36.5 Å². The normalized spacial score (nSPS) is 21.5. The Hall–Kier alpha value is -0.960. The molecule has 2 rings (SSSR count). The maximum Gasteiger partial charge on any atom is 0.129 e. The second kappa shape index (κ2) is 3.65. The summed E-state index contributed by atoms with van der Waals surface area (Å²) in [4.78, 5) is 0. The van der Waals surface area contributed by atoms with Crippen molar-refractivity contribution in [2.24, 2.45) is 0 Å². The van der Waals surface area contributed by atoms with Gasteiger partial charge in [-0.15, -0.1) is 0 Å². The fourth-order valence-electron chi connectivity index (χ4n) is 1.98.